The Kier molecular flexibility index (Phi) is 3.66. The zero-order valence-corrected chi connectivity index (χ0v) is 13.1. The number of rotatable bonds is 4. The number of hydrogen-bond donors (Lipinski definition) is 2. The summed E-state index contributed by atoms with van der Waals surface area (Å²) >= 11 is 0. The lowest BCUT2D eigenvalue weighted by atomic mass is 10.3. The highest BCUT2D eigenvalue weighted by molar-refractivity contribution is 7.89. The molecule has 1 aromatic carbocycles. The van der Waals surface area contributed by atoms with Crippen molar-refractivity contribution in [3.05, 3.63) is 42.0 Å². The predicted octanol–water partition coefficient (Wildman–Crippen LogP) is 1.89. The Hall–Kier alpha value is -2.65. The Morgan fingerprint density at radius 2 is 1.96 bits per heavy atom. The van der Waals surface area contributed by atoms with Crippen molar-refractivity contribution in [2.24, 2.45) is 0 Å². The molecule has 23 heavy (non-hydrogen) atoms. The molecular weight excluding hydrogens is 322 g/mol. The van der Waals surface area contributed by atoms with E-state index >= 15 is 0 Å². The highest BCUT2D eigenvalue weighted by atomic mass is 32.2. The highest BCUT2D eigenvalue weighted by Crippen LogP contribution is 2.21. The minimum atomic E-state index is -3.73. The number of sulfonamides is 1. The van der Waals surface area contributed by atoms with Crippen LogP contribution in [-0.4, -0.2) is 26.4 Å². The number of benzene rings is 1. The first-order chi connectivity index (χ1) is 10.9. The molecule has 0 spiro atoms. The van der Waals surface area contributed by atoms with Gasteiger partial charge in [0.05, 0.1) is 0 Å². The lowest BCUT2D eigenvalue weighted by Gasteiger charge is -2.02. The van der Waals surface area contributed by atoms with Gasteiger partial charge in [-0.25, -0.2) is 18.1 Å². The van der Waals surface area contributed by atoms with Crippen molar-refractivity contribution in [1.82, 2.24) is 9.71 Å². The molecule has 2 heterocycles. The van der Waals surface area contributed by atoms with Crippen LogP contribution in [0, 0.1) is 6.92 Å². The molecule has 3 rings (SSSR count). The number of carbonyl (C=O) groups excluding carboxylic acids is 1. The van der Waals surface area contributed by atoms with Gasteiger partial charge < -0.3 is 14.2 Å². The fourth-order valence-corrected chi connectivity index (χ4v) is 2.65. The van der Waals surface area contributed by atoms with Crippen LogP contribution < -0.4 is 10.0 Å². The average molecular weight is 335 g/mol. The van der Waals surface area contributed by atoms with Crippen LogP contribution in [0.15, 0.2) is 44.3 Å². The van der Waals surface area contributed by atoms with Crippen LogP contribution in [0.4, 0.5) is 5.69 Å². The van der Waals surface area contributed by atoms with Crippen molar-refractivity contribution < 1.29 is 22.0 Å². The highest BCUT2D eigenvalue weighted by Gasteiger charge is 2.19. The molecule has 0 aliphatic carbocycles. The summed E-state index contributed by atoms with van der Waals surface area (Å²) in [5.74, 6) is -0.165. The number of aromatic nitrogens is 1. The summed E-state index contributed by atoms with van der Waals surface area (Å²) in [6, 6.07) is 7.50. The Morgan fingerprint density at radius 1 is 1.17 bits per heavy atom. The zero-order valence-electron chi connectivity index (χ0n) is 12.3. The SMILES string of the molecule is CNS(=O)(=O)c1ccc(C(=O)Nc2ccc3nc(C)oc3c2)o1. The van der Waals surface area contributed by atoms with E-state index in [4.69, 9.17) is 8.83 Å². The topological polar surface area (TPSA) is 114 Å². The Bertz CT molecular complexity index is 987. The number of carbonyl (C=O) groups is 1. The maximum atomic E-state index is 12.1. The van der Waals surface area contributed by atoms with Gasteiger partial charge in [0.2, 0.25) is 5.09 Å². The van der Waals surface area contributed by atoms with E-state index in [0.717, 1.165) is 0 Å². The van der Waals surface area contributed by atoms with Gasteiger partial charge in [0.15, 0.2) is 17.2 Å². The summed E-state index contributed by atoms with van der Waals surface area (Å²) in [6.07, 6.45) is 0. The second kappa shape index (κ2) is 5.52. The molecule has 0 aliphatic rings. The van der Waals surface area contributed by atoms with Crippen LogP contribution in [0.5, 0.6) is 0 Å². The normalized spacial score (nSPS) is 11.7. The van der Waals surface area contributed by atoms with Gasteiger partial charge in [-0.2, -0.15) is 0 Å². The molecule has 0 unspecified atom stereocenters. The third kappa shape index (κ3) is 2.96. The van der Waals surface area contributed by atoms with Gasteiger partial charge in [-0.15, -0.1) is 0 Å². The number of aryl methyl sites for hydroxylation is 1. The molecule has 0 aliphatic heterocycles. The van der Waals surface area contributed by atoms with E-state index in [9.17, 15) is 13.2 Å². The van der Waals surface area contributed by atoms with Gasteiger partial charge in [0, 0.05) is 18.7 Å². The van der Waals surface area contributed by atoms with Crippen LogP contribution in [0.2, 0.25) is 0 Å². The standard InChI is InChI=1S/C14H13N3O5S/c1-8-16-10-4-3-9(7-12(10)21-8)17-14(18)11-5-6-13(22-11)23(19,20)15-2/h3-7,15H,1-2H3,(H,17,18). The van der Waals surface area contributed by atoms with E-state index in [-0.39, 0.29) is 10.9 Å². The van der Waals surface area contributed by atoms with Crippen LogP contribution in [-0.2, 0) is 10.0 Å². The number of fused-ring (bicyclic) bond motifs is 1. The van der Waals surface area contributed by atoms with Crippen LogP contribution in [0.25, 0.3) is 11.1 Å². The largest absolute Gasteiger partial charge is 0.441 e. The van der Waals surface area contributed by atoms with Crippen LogP contribution in [0.3, 0.4) is 0 Å². The van der Waals surface area contributed by atoms with Crippen molar-refractivity contribution in [1.29, 1.82) is 0 Å². The summed E-state index contributed by atoms with van der Waals surface area (Å²) in [5, 5.41) is 2.28. The molecule has 0 bridgehead atoms. The second-order valence-corrected chi connectivity index (χ2v) is 6.51. The average Bonchev–Trinajstić information content (AvgIpc) is 3.12. The Balaban J connectivity index is 1.83. The van der Waals surface area contributed by atoms with Gasteiger partial charge in [0.25, 0.3) is 15.9 Å². The molecule has 9 heteroatoms. The molecule has 0 fully saturated rings. The summed E-state index contributed by atoms with van der Waals surface area (Å²) in [6.45, 7) is 1.73. The Morgan fingerprint density at radius 3 is 2.70 bits per heavy atom. The van der Waals surface area contributed by atoms with Gasteiger partial charge in [-0.1, -0.05) is 0 Å². The van der Waals surface area contributed by atoms with E-state index < -0.39 is 15.9 Å². The van der Waals surface area contributed by atoms with Gasteiger partial charge in [-0.05, 0) is 31.3 Å². The van der Waals surface area contributed by atoms with Crippen molar-refractivity contribution >= 4 is 32.7 Å². The lowest BCUT2D eigenvalue weighted by molar-refractivity contribution is 0.0991. The summed E-state index contributed by atoms with van der Waals surface area (Å²) in [5.41, 5.74) is 1.70. The quantitative estimate of drug-likeness (QED) is 0.752. The number of furan rings is 1. The first-order valence-electron chi connectivity index (χ1n) is 6.61. The predicted molar refractivity (Wildman–Crippen MR) is 81.7 cm³/mol. The third-order valence-corrected chi connectivity index (χ3v) is 4.38. The molecule has 1 amide bonds. The molecule has 3 aromatic rings. The number of hydrogen-bond acceptors (Lipinski definition) is 6. The van der Waals surface area contributed by atoms with E-state index in [0.29, 0.717) is 22.7 Å². The maximum Gasteiger partial charge on any atom is 0.291 e. The zero-order chi connectivity index (χ0) is 16.6. The van der Waals surface area contributed by atoms with E-state index in [1.165, 1.54) is 19.2 Å². The van der Waals surface area contributed by atoms with E-state index in [2.05, 4.69) is 15.0 Å². The molecule has 0 radical (unpaired) electrons. The molecule has 0 saturated carbocycles. The smallest absolute Gasteiger partial charge is 0.291 e. The van der Waals surface area contributed by atoms with Gasteiger partial charge in [0.1, 0.15) is 5.52 Å². The summed E-state index contributed by atoms with van der Waals surface area (Å²) in [7, 11) is -2.47. The summed E-state index contributed by atoms with van der Waals surface area (Å²) in [4.78, 5) is 16.3. The third-order valence-electron chi connectivity index (χ3n) is 3.09. The van der Waals surface area contributed by atoms with Gasteiger partial charge in [-0.3, -0.25) is 4.79 Å². The number of nitrogens with one attached hydrogen (secondary N) is 2. The number of oxazole rings is 1. The molecular formula is C14H13N3O5S. The molecule has 2 aromatic heterocycles. The Labute approximate surface area is 131 Å². The van der Waals surface area contributed by atoms with Crippen LogP contribution in [0.1, 0.15) is 16.4 Å². The molecule has 0 saturated heterocycles. The maximum absolute atomic E-state index is 12.1. The van der Waals surface area contributed by atoms with E-state index in [1.807, 2.05) is 0 Å². The van der Waals surface area contributed by atoms with Crippen molar-refractivity contribution in [3.8, 4) is 0 Å². The lowest BCUT2D eigenvalue weighted by Crippen LogP contribution is -2.18. The first-order valence-corrected chi connectivity index (χ1v) is 8.09. The molecule has 0 atom stereocenters. The van der Waals surface area contributed by atoms with Crippen molar-refractivity contribution in [3.63, 3.8) is 0 Å². The number of amides is 1. The minimum absolute atomic E-state index is 0.118. The fourth-order valence-electron chi connectivity index (χ4n) is 2.00. The summed E-state index contributed by atoms with van der Waals surface area (Å²) < 4.78 is 35.7. The number of anilines is 1. The van der Waals surface area contributed by atoms with E-state index in [1.54, 1.807) is 25.1 Å². The molecule has 120 valence electrons. The fraction of sp³-hybridized carbons (Fsp3) is 0.143. The van der Waals surface area contributed by atoms with Crippen LogP contribution >= 0.6 is 0 Å². The second-order valence-electron chi connectivity index (χ2n) is 4.70. The van der Waals surface area contributed by atoms with Crippen molar-refractivity contribution in [2.75, 3.05) is 12.4 Å². The molecule has 8 nitrogen and oxygen atoms in total. The van der Waals surface area contributed by atoms with Crippen molar-refractivity contribution in [2.45, 2.75) is 12.0 Å². The minimum Gasteiger partial charge on any atom is -0.441 e. The van der Waals surface area contributed by atoms with Gasteiger partial charge >= 0.3 is 0 Å². The molecule has 2 N–H and O–H groups in total. The number of nitrogens with zero attached hydrogens (tertiary/aromatic N) is 1. The first kappa shape index (κ1) is 15.3. The monoisotopic (exact) mass is 335 g/mol.